The maximum atomic E-state index is 11.3. The van der Waals surface area contributed by atoms with E-state index in [0.717, 1.165) is 12.8 Å². The Labute approximate surface area is 92.6 Å². The second-order valence-electron chi connectivity index (χ2n) is 3.79. The molecule has 1 unspecified atom stereocenters. The fourth-order valence-corrected chi connectivity index (χ4v) is 1.58. The number of hydrogen-bond acceptors (Lipinski definition) is 3. The highest BCUT2D eigenvalue weighted by Crippen LogP contribution is 2.10. The van der Waals surface area contributed by atoms with Crippen LogP contribution in [0.1, 0.15) is 33.1 Å². The third-order valence-corrected chi connectivity index (χ3v) is 2.72. The summed E-state index contributed by atoms with van der Waals surface area (Å²) in [5.74, 6) is 0.506. The van der Waals surface area contributed by atoms with Crippen LogP contribution in [0.15, 0.2) is 0 Å². The van der Waals surface area contributed by atoms with Crippen molar-refractivity contribution in [3.05, 3.63) is 0 Å². The maximum absolute atomic E-state index is 11.3. The van der Waals surface area contributed by atoms with E-state index in [9.17, 15) is 4.79 Å². The highest BCUT2D eigenvalue weighted by atomic mass is 16.5. The third kappa shape index (κ3) is 6.47. The molecule has 0 saturated heterocycles. The summed E-state index contributed by atoms with van der Waals surface area (Å²) in [5.41, 5.74) is 5.97. The molecule has 0 rings (SSSR count). The molecule has 0 fully saturated rings. The predicted octanol–water partition coefficient (Wildman–Crippen LogP) is 0.903. The monoisotopic (exact) mass is 216 g/mol. The van der Waals surface area contributed by atoms with Crippen LogP contribution in [0.5, 0.6) is 0 Å². The van der Waals surface area contributed by atoms with Gasteiger partial charge in [-0.3, -0.25) is 4.79 Å². The number of rotatable bonds is 8. The fourth-order valence-electron chi connectivity index (χ4n) is 1.58. The standard InChI is InChI=1S/C11H24N2O2/c1-4-9(5-2)10(12)8-13-11(14)6-7-15-3/h9-10H,4-8,12H2,1-3H3,(H,13,14). The molecule has 90 valence electrons. The van der Waals surface area contributed by atoms with Crippen molar-refractivity contribution in [3.63, 3.8) is 0 Å². The van der Waals surface area contributed by atoms with Gasteiger partial charge in [0.1, 0.15) is 0 Å². The minimum absolute atomic E-state index is 0.0123. The zero-order valence-corrected chi connectivity index (χ0v) is 10.1. The van der Waals surface area contributed by atoms with Gasteiger partial charge in [0.05, 0.1) is 6.61 Å². The molecule has 0 aliphatic carbocycles. The molecule has 0 bridgehead atoms. The van der Waals surface area contributed by atoms with Crippen molar-refractivity contribution in [2.75, 3.05) is 20.3 Å². The molecule has 0 aliphatic heterocycles. The number of methoxy groups -OCH3 is 1. The average Bonchev–Trinajstić information content (AvgIpc) is 2.25. The largest absolute Gasteiger partial charge is 0.384 e. The smallest absolute Gasteiger partial charge is 0.222 e. The molecule has 0 radical (unpaired) electrons. The molecule has 1 amide bonds. The first-order valence-electron chi connectivity index (χ1n) is 5.66. The van der Waals surface area contributed by atoms with Gasteiger partial charge >= 0.3 is 0 Å². The van der Waals surface area contributed by atoms with Crippen LogP contribution in [0, 0.1) is 5.92 Å². The van der Waals surface area contributed by atoms with Gasteiger partial charge in [0.15, 0.2) is 0 Å². The lowest BCUT2D eigenvalue weighted by Gasteiger charge is -2.21. The van der Waals surface area contributed by atoms with Crippen molar-refractivity contribution in [1.29, 1.82) is 0 Å². The minimum atomic E-state index is 0.0123. The van der Waals surface area contributed by atoms with E-state index in [1.54, 1.807) is 7.11 Å². The van der Waals surface area contributed by atoms with Crippen molar-refractivity contribution in [2.45, 2.75) is 39.2 Å². The van der Waals surface area contributed by atoms with Gasteiger partial charge in [0, 0.05) is 26.1 Å². The Morgan fingerprint density at radius 1 is 1.40 bits per heavy atom. The number of carbonyl (C=O) groups excluding carboxylic acids is 1. The third-order valence-electron chi connectivity index (χ3n) is 2.72. The topological polar surface area (TPSA) is 64.3 Å². The van der Waals surface area contributed by atoms with E-state index in [2.05, 4.69) is 19.2 Å². The fraction of sp³-hybridized carbons (Fsp3) is 0.909. The molecule has 4 heteroatoms. The highest BCUT2D eigenvalue weighted by molar-refractivity contribution is 5.75. The van der Waals surface area contributed by atoms with Crippen molar-refractivity contribution in [3.8, 4) is 0 Å². The Hall–Kier alpha value is -0.610. The quantitative estimate of drug-likeness (QED) is 0.633. The lowest BCUT2D eigenvalue weighted by atomic mass is 9.95. The Morgan fingerprint density at radius 3 is 2.47 bits per heavy atom. The van der Waals surface area contributed by atoms with E-state index >= 15 is 0 Å². The molecular weight excluding hydrogens is 192 g/mol. The van der Waals surface area contributed by atoms with Gasteiger partial charge < -0.3 is 15.8 Å². The van der Waals surface area contributed by atoms with Crippen LogP contribution in [-0.4, -0.2) is 32.2 Å². The van der Waals surface area contributed by atoms with Crippen molar-refractivity contribution in [2.24, 2.45) is 11.7 Å². The van der Waals surface area contributed by atoms with Gasteiger partial charge in [0.25, 0.3) is 0 Å². The zero-order chi connectivity index (χ0) is 11.7. The summed E-state index contributed by atoms with van der Waals surface area (Å²) in [6.07, 6.45) is 2.53. The second kappa shape index (κ2) is 8.68. The number of hydrogen-bond donors (Lipinski definition) is 2. The summed E-state index contributed by atoms with van der Waals surface area (Å²) in [6.45, 7) is 5.28. The first kappa shape index (κ1) is 14.4. The molecule has 0 heterocycles. The van der Waals surface area contributed by atoms with E-state index in [1.165, 1.54) is 0 Å². The predicted molar refractivity (Wildman–Crippen MR) is 61.6 cm³/mol. The van der Waals surface area contributed by atoms with E-state index in [1.807, 2.05) is 0 Å². The van der Waals surface area contributed by atoms with E-state index in [0.29, 0.717) is 25.5 Å². The molecular formula is C11H24N2O2. The summed E-state index contributed by atoms with van der Waals surface area (Å²) in [4.78, 5) is 11.3. The Morgan fingerprint density at radius 2 is 2.00 bits per heavy atom. The number of nitrogens with two attached hydrogens (primary N) is 1. The molecule has 3 N–H and O–H groups in total. The SMILES string of the molecule is CCC(CC)C(N)CNC(=O)CCOC. The van der Waals surface area contributed by atoms with Crippen molar-refractivity contribution < 1.29 is 9.53 Å². The van der Waals surface area contributed by atoms with Gasteiger partial charge in [-0.05, 0) is 5.92 Å². The van der Waals surface area contributed by atoms with Crippen LogP contribution in [0.25, 0.3) is 0 Å². The summed E-state index contributed by atoms with van der Waals surface area (Å²) in [6, 6.07) is 0.0616. The first-order valence-corrected chi connectivity index (χ1v) is 5.66. The molecule has 0 aromatic rings. The second-order valence-corrected chi connectivity index (χ2v) is 3.79. The Bertz CT molecular complexity index is 170. The molecule has 1 atom stereocenters. The number of amides is 1. The molecule has 0 spiro atoms. The molecule has 0 aromatic heterocycles. The first-order chi connectivity index (χ1) is 7.15. The lowest BCUT2D eigenvalue weighted by molar-refractivity contribution is -0.122. The molecule has 0 aliphatic rings. The van der Waals surface area contributed by atoms with Gasteiger partial charge in [-0.15, -0.1) is 0 Å². The van der Waals surface area contributed by atoms with Crippen LogP contribution in [-0.2, 0) is 9.53 Å². The van der Waals surface area contributed by atoms with Crippen LogP contribution in [0.2, 0.25) is 0 Å². The Balaban J connectivity index is 3.68. The summed E-state index contributed by atoms with van der Waals surface area (Å²) < 4.78 is 4.82. The van der Waals surface area contributed by atoms with Crippen LogP contribution in [0.4, 0.5) is 0 Å². The highest BCUT2D eigenvalue weighted by Gasteiger charge is 2.14. The van der Waals surface area contributed by atoms with Crippen LogP contribution < -0.4 is 11.1 Å². The van der Waals surface area contributed by atoms with Gasteiger partial charge in [0.2, 0.25) is 5.91 Å². The number of ether oxygens (including phenoxy) is 1. The number of nitrogens with one attached hydrogen (secondary N) is 1. The number of carbonyl (C=O) groups is 1. The average molecular weight is 216 g/mol. The summed E-state index contributed by atoms with van der Waals surface area (Å²) in [7, 11) is 1.59. The molecule has 4 nitrogen and oxygen atoms in total. The maximum Gasteiger partial charge on any atom is 0.222 e. The molecule has 0 aromatic carbocycles. The normalized spacial score (nSPS) is 12.9. The van der Waals surface area contributed by atoms with Crippen LogP contribution >= 0.6 is 0 Å². The summed E-state index contributed by atoms with van der Waals surface area (Å²) in [5, 5.41) is 2.82. The van der Waals surface area contributed by atoms with Gasteiger partial charge in [-0.1, -0.05) is 26.7 Å². The van der Waals surface area contributed by atoms with Gasteiger partial charge in [-0.2, -0.15) is 0 Å². The van der Waals surface area contributed by atoms with Gasteiger partial charge in [-0.25, -0.2) is 0 Å². The summed E-state index contributed by atoms with van der Waals surface area (Å²) >= 11 is 0. The van der Waals surface area contributed by atoms with Crippen LogP contribution in [0.3, 0.4) is 0 Å². The lowest BCUT2D eigenvalue weighted by Crippen LogP contribution is -2.42. The zero-order valence-electron chi connectivity index (χ0n) is 10.1. The molecule has 0 saturated carbocycles. The van der Waals surface area contributed by atoms with Crippen molar-refractivity contribution >= 4 is 5.91 Å². The van der Waals surface area contributed by atoms with E-state index in [4.69, 9.17) is 10.5 Å². The minimum Gasteiger partial charge on any atom is -0.384 e. The van der Waals surface area contributed by atoms with E-state index < -0.39 is 0 Å². The Kier molecular flexibility index (Phi) is 8.33. The molecule has 15 heavy (non-hydrogen) atoms. The van der Waals surface area contributed by atoms with Crippen molar-refractivity contribution in [1.82, 2.24) is 5.32 Å². The van der Waals surface area contributed by atoms with E-state index in [-0.39, 0.29) is 11.9 Å².